The van der Waals surface area contributed by atoms with Crippen molar-refractivity contribution in [3.63, 3.8) is 0 Å². The molecular weight excluding hydrogens is 338 g/mol. The molecule has 3 rings (SSSR count). The van der Waals surface area contributed by atoms with E-state index in [2.05, 4.69) is 56.9 Å². The zero-order valence-electron chi connectivity index (χ0n) is 12.3. The first kappa shape index (κ1) is 15.1. The van der Waals surface area contributed by atoms with E-state index in [9.17, 15) is 0 Å². The van der Waals surface area contributed by atoms with Crippen molar-refractivity contribution >= 4 is 21.6 Å². The number of nitriles is 1. The van der Waals surface area contributed by atoms with Gasteiger partial charge in [-0.2, -0.15) is 5.26 Å². The minimum absolute atomic E-state index is 0.416. The molecular formula is C18H18BrN3. The van der Waals surface area contributed by atoms with Crippen molar-refractivity contribution in [1.82, 2.24) is 5.32 Å². The maximum absolute atomic E-state index is 8.94. The second-order valence-corrected chi connectivity index (χ2v) is 6.33. The van der Waals surface area contributed by atoms with E-state index in [0.717, 1.165) is 36.1 Å². The Morgan fingerprint density at radius 3 is 2.95 bits per heavy atom. The Hall–Kier alpha value is -1.83. The van der Waals surface area contributed by atoms with Crippen molar-refractivity contribution in [2.75, 3.05) is 18.4 Å². The van der Waals surface area contributed by atoms with Crippen LogP contribution in [-0.2, 0) is 6.42 Å². The van der Waals surface area contributed by atoms with Crippen LogP contribution in [0.5, 0.6) is 0 Å². The van der Waals surface area contributed by atoms with Gasteiger partial charge >= 0.3 is 0 Å². The molecule has 2 aromatic rings. The largest absolute Gasteiger partial charge is 0.385 e. The standard InChI is InChI=1S/C18H18BrN3/c19-17-11-15(6-5-14(17)12-20)21-10-8-18-16-4-2-1-3-13(16)7-9-22-18/h1-6,11,18,21-22H,7-10H2. The minimum Gasteiger partial charge on any atom is -0.385 e. The molecule has 1 unspecified atom stereocenters. The molecule has 0 aromatic heterocycles. The van der Waals surface area contributed by atoms with Crippen LogP contribution in [-0.4, -0.2) is 13.1 Å². The molecule has 2 aromatic carbocycles. The zero-order valence-corrected chi connectivity index (χ0v) is 13.9. The third kappa shape index (κ3) is 3.32. The summed E-state index contributed by atoms with van der Waals surface area (Å²) < 4.78 is 0.834. The lowest BCUT2D eigenvalue weighted by atomic mass is 9.92. The van der Waals surface area contributed by atoms with Gasteiger partial charge in [-0.25, -0.2) is 0 Å². The van der Waals surface area contributed by atoms with Crippen molar-refractivity contribution in [2.45, 2.75) is 18.9 Å². The van der Waals surface area contributed by atoms with E-state index in [4.69, 9.17) is 5.26 Å². The summed E-state index contributed by atoms with van der Waals surface area (Å²) in [7, 11) is 0. The van der Waals surface area contributed by atoms with Gasteiger partial charge < -0.3 is 10.6 Å². The van der Waals surface area contributed by atoms with Gasteiger partial charge in [0.1, 0.15) is 6.07 Å². The molecule has 3 nitrogen and oxygen atoms in total. The fourth-order valence-electron chi connectivity index (χ4n) is 2.93. The van der Waals surface area contributed by atoms with E-state index in [1.54, 1.807) is 0 Å². The van der Waals surface area contributed by atoms with Gasteiger partial charge in [0.15, 0.2) is 0 Å². The molecule has 22 heavy (non-hydrogen) atoms. The van der Waals surface area contributed by atoms with E-state index < -0.39 is 0 Å². The second-order valence-electron chi connectivity index (χ2n) is 5.48. The van der Waals surface area contributed by atoms with Crippen molar-refractivity contribution in [3.8, 4) is 6.07 Å². The van der Waals surface area contributed by atoms with Crippen LogP contribution in [0, 0.1) is 11.3 Å². The number of nitrogens with zero attached hydrogens (tertiary/aromatic N) is 1. The Labute approximate surface area is 139 Å². The first-order valence-corrected chi connectivity index (χ1v) is 8.32. The monoisotopic (exact) mass is 355 g/mol. The van der Waals surface area contributed by atoms with Crippen LogP contribution in [0.4, 0.5) is 5.69 Å². The summed E-state index contributed by atoms with van der Waals surface area (Å²) in [5.41, 5.74) is 4.59. The highest BCUT2D eigenvalue weighted by atomic mass is 79.9. The molecule has 0 saturated heterocycles. The lowest BCUT2D eigenvalue weighted by Crippen LogP contribution is -2.31. The van der Waals surface area contributed by atoms with Gasteiger partial charge in [0.25, 0.3) is 0 Å². The minimum atomic E-state index is 0.416. The van der Waals surface area contributed by atoms with Crippen LogP contribution in [0.2, 0.25) is 0 Å². The fourth-order valence-corrected chi connectivity index (χ4v) is 3.39. The van der Waals surface area contributed by atoms with Crippen LogP contribution in [0.1, 0.15) is 29.2 Å². The molecule has 0 aliphatic carbocycles. The molecule has 0 saturated carbocycles. The molecule has 0 amide bonds. The maximum Gasteiger partial charge on any atom is 0.100 e. The van der Waals surface area contributed by atoms with Gasteiger partial charge in [0.2, 0.25) is 0 Å². The number of anilines is 1. The number of nitrogens with one attached hydrogen (secondary N) is 2. The van der Waals surface area contributed by atoms with E-state index >= 15 is 0 Å². The fraction of sp³-hybridized carbons (Fsp3) is 0.278. The van der Waals surface area contributed by atoms with E-state index in [1.165, 1.54) is 11.1 Å². The molecule has 0 fully saturated rings. The first-order chi connectivity index (χ1) is 10.8. The smallest absolute Gasteiger partial charge is 0.100 e. The summed E-state index contributed by atoms with van der Waals surface area (Å²) in [6.07, 6.45) is 2.15. The van der Waals surface area contributed by atoms with Crippen LogP contribution in [0.3, 0.4) is 0 Å². The van der Waals surface area contributed by atoms with Gasteiger partial charge in [0.05, 0.1) is 5.56 Å². The Balaban J connectivity index is 1.60. The zero-order chi connectivity index (χ0) is 15.4. The average Bonchev–Trinajstić information content (AvgIpc) is 2.55. The number of benzene rings is 2. The van der Waals surface area contributed by atoms with Crippen LogP contribution >= 0.6 is 15.9 Å². The predicted molar refractivity (Wildman–Crippen MR) is 92.9 cm³/mol. The average molecular weight is 356 g/mol. The Kier molecular flexibility index (Phi) is 4.77. The lowest BCUT2D eigenvalue weighted by Gasteiger charge is -2.27. The molecule has 112 valence electrons. The summed E-state index contributed by atoms with van der Waals surface area (Å²) in [5.74, 6) is 0. The molecule has 1 aliphatic heterocycles. The number of fused-ring (bicyclic) bond motifs is 1. The van der Waals surface area contributed by atoms with E-state index in [0.29, 0.717) is 11.6 Å². The Bertz CT molecular complexity index is 706. The molecule has 1 aliphatic rings. The normalized spacial score (nSPS) is 16.6. The predicted octanol–water partition coefficient (Wildman–Crippen LogP) is 4.01. The second kappa shape index (κ2) is 6.95. The van der Waals surface area contributed by atoms with Gasteiger partial charge in [-0.1, -0.05) is 24.3 Å². The van der Waals surface area contributed by atoms with E-state index in [1.807, 2.05) is 18.2 Å². The van der Waals surface area contributed by atoms with Gasteiger partial charge in [-0.3, -0.25) is 0 Å². The lowest BCUT2D eigenvalue weighted by molar-refractivity contribution is 0.485. The maximum atomic E-state index is 8.94. The summed E-state index contributed by atoms with van der Waals surface area (Å²) >= 11 is 3.42. The molecule has 2 N–H and O–H groups in total. The van der Waals surface area contributed by atoms with Gasteiger partial charge in [-0.05, 0) is 64.6 Å². The topological polar surface area (TPSA) is 47.9 Å². The number of hydrogen-bond donors (Lipinski definition) is 2. The summed E-state index contributed by atoms with van der Waals surface area (Å²) in [4.78, 5) is 0. The number of rotatable bonds is 4. The quantitative estimate of drug-likeness (QED) is 0.870. The highest BCUT2D eigenvalue weighted by Crippen LogP contribution is 2.26. The van der Waals surface area contributed by atoms with Crippen LogP contribution in [0.15, 0.2) is 46.9 Å². The van der Waals surface area contributed by atoms with Crippen LogP contribution < -0.4 is 10.6 Å². The van der Waals surface area contributed by atoms with Crippen molar-refractivity contribution in [2.24, 2.45) is 0 Å². The summed E-state index contributed by atoms with van der Waals surface area (Å²) in [6, 6.07) is 17.0. The number of halogens is 1. The molecule has 0 bridgehead atoms. The SMILES string of the molecule is N#Cc1ccc(NCCC2NCCc3ccccc32)cc1Br. The highest BCUT2D eigenvalue weighted by molar-refractivity contribution is 9.10. The molecule has 4 heteroatoms. The third-order valence-corrected chi connectivity index (χ3v) is 4.72. The molecule has 0 spiro atoms. The van der Waals surface area contributed by atoms with Crippen LogP contribution in [0.25, 0.3) is 0 Å². The van der Waals surface area contributed by atoms with Gasteiger partial charge in [0, 0.05) is 22.7 Å². The molecule has 1 atom stereocenters. The Morgan fingerprint density at radius 1 is 1.27 bits per heavy atom. The van der Waals surface area contributed by atoms with Crippen molar-refractivity contribution in [1.29, 1.82) is 5.26 Å². The first-order valence-electron chi connectivity index (χ1n) is 7.52. The highest BCUT2D eigenvalue weighted by Gasteiger charge is 2.18. The molecule has 1 heterocycles. The Morgan fingerprint density at radius 2 is 2.14 bits per heavy atom. The summed E-state index contributed by atoms with van der Waals surface area (Å²) in [5, 5.41) is 16.0. The number of hydrogen-bond acceptors (Lipinski definition) is 3. The van der Waals surface area contributed by atoms with E-state index in [-0.39, 0.29) is 0 Å². The molecule has 0 radical (unpaired) electrons. The summed E-state index contributed by atoms with van der Waals surface area (Å²) in [6.45, 7) is 1.94. The van der Waals surface area contributed by atoms with Crippen molar-refractivity contribution in [3.05, 3.63) is 63.6 Å². The third-order valence-electron chi connectivity index (χ3n) is 4.07. The van der Waals surface area contributed by atoms with Gasteiger partial charge in [-0.15, -0.1) is 0 Å². The van der Waals surface area contributed by atoms with Crippen molar-refractivity contribution < 1.29 is 0 Å².